The Balaban J connectivity index is 0.000000628. The van der Waals surface area contributed by atoms with Crippen molar-refractivity contribution in [3.63, 3.8) is 0 Å². The van der Waals surface area contributed by atoms with Gasteiger partial charge in [-0.2, -0.15) is 0 Å². The minimum atomic E-state index is -4.08. The monoisotopic (exact) mass is 446 g/mol. The lowest BCUT2D eigenvalue weighted by molar-refractivity contribution is -0.149. The van der Waals surface area contributed by atoms with E-state index in [2.05, 4.69) is 5.32 Å². The van der Waals surface area contributed by atoms with E-state index in [1.54, 1.807) is 42.5 Å². The molecule has 4 rings (SSSR count). The predicted octanol–water partition coefficient (Wildman–Crippen LogP) is 2.32. The number of anilines is 1. The number of para-hydroxylation sites is 1. The number of hydrogen-bond acceptors (Lipinski definition) is 7. The van der Waals surface area contributed by atoms with Crippen molar-refractivity contribution in [3.8, 4) is 0 Å². The topological polar surface area (TPSA) is 119 Å². The van der Waals surface area contributed by atoms with Crippen LogP contribution in [-0.2, 0) is 34.6 Å². The normalized spacial score (nSPS) is 21.5. The smallest absolute Gasteiger partial charge is 0.408 e. The van der Waals surface area contributed by atoms with Gasteiger partial charge in [-0.1, -0.05) is 36.4 Å². The summed E-state index contributed by atoms with van der Waals surface area (Å²) in [4.78, 5) is 33.1. The average Bonchev–Trinajstić information content (AvgIpc) is 3.21. The molecule has 2 atom stereocenters. The van der Waals surface area contributed by atoms with Gasteiger partial charge in [-0.05, 0) is 32.0 Å². The molecule has 0 aliphatic carbocycles. The summed E-state index contributed by atoms with van der Waals surface area (Å²) in [5.41, 5.74) is -0.499. The van der Waals surface area contributed by atoms with E-state index in [0.29, 0.717) is 11.3 Å². The molecule has 1 amide bonds. The molecule has 2 aliphatic heterocycles. The van der Waals surface area contributed by atoms with Crippen molar-refractivity contribution < 1.29 is 32.3 Å². The quantitative estimate of drug-likeness (QED) is 0.719. The molecule has 9 nitrogen and oxygen atoms in total. The van der Waals surface area contributed by atoms with Crippen LogP contribution < -0.4 is 9.62 Å². The largest absolute Gasteiger partial charge is 0.446 e. The molecular formula is C21H22N2O7S. The van der Waals surface area contributed by atoms with Gasteiger partial charge < -0.3 is 19.6 Å². The molecule has 0 aromatic heterocycles. The highest BCUT2D eigenvalue weighted by molar-refractivity contribution is 7.92. The number of cyclic esters (lactones) is 1. The number of hydrogen-bond donors (Lipinski definition) is 1. The highest BCUT2D eigenvalue weighted by Crippen LogP contribution is 2.48. The minimum absolute atomic E-state index is 0.0410. The Morgan fingerprint density at radius 3 is 2.19 bits per heavy atom. The highest BCUT2D eigenvalue weighted by Gasteiger charge is 2.61. The van der Waals surface area contributed by atoms with Gasteiger partial charge >= 0.3 is 12.1 Å². The van der Waals surface area contributed by atoms with Crippen LogP contribution in [0.1, 0.15) is 26.3 Å². The van der Waals surface area contributed by atoms with Crippen LogP contribution in [0.15, 0.2) is 59.5 Å². The van der Waals surface area contributed by atoms with Crippen molar-refractivity contribution in [3.05, 3.63) is 60.2 Å². The van der Waals surface area contributed by atoms with Gasteiger partial charge in [0.2, 0.25) is 6.23 Å². The Hall–Kier alpha value is -3.40. The molecule has 1 N–H and O–H groups in total. The number of ether oxygens (including phenoxy) is 2. The van der Waals surface area contributed by atoms with E-state index >= 15 is 0 Å². The van der Waals surface area contributed by atoms with Crippen molar-refractivity contribution in [1.82, 2.24) is 5.32 Å². The molecule has 164 valence electrons. The Morgan fingerprint density at radius 1 is 1.06 bits per heavy atom. The zero-order valence-electron chi connectivity index (χ0n) is 17.2. The number of benzene rings is 2. The maximum Gasteiger partial charge on any atom is 0.408 e. The number of carbonyl (C=O) groups excluding carboxylic acids is 3. The lowest BCUT2D eigenvalue weighted by Crippen LogP contribution is -2.56. The zero-order valence-corrected chi connectivity index (χ0v) is 18.0. The van der Waals surface area contributed by atoms with Gasteiger partial charge in [-0.3, -0.25) is 4.79 Å². The van der Waals surface area contributed by atoms with E-state index in [-0.39, 0.29) is 17.3 Å². The maximum absolute atomic E-state index is 13.4. The third-order valence-corrected chi connectivity index (χ3v) is 6.36. The van der Waals surface area contributed by atoms with Crippen molar-refractivity contribution >= 4 is 33.6 Å². The summed E-state index contributed by atoms with van der Waals surface area (Å²) in [7, 11) is -4.08. The standard InChI is InChI=1S/C18H16N2O6S.C3H6O/c1-12(21)26-16-18(11-25-17(22)19-18)14-9-5-6-10-15(14)20(16)27(23,24)13-7-3-2-4-8-13;1-3(2)4/h2-10,16H,11H2,1H3,(H,19,22);1-2H3/t16-,18-;/m0./s1. The first-order valence-corrected chi connectivity index (χ1v) is 10.8. The summed E-state index contributed by atoms with van der Waals surface area (Å²) >= 11 is 0. The number of alkyl carbamates (subject to hydrolysis) is 1. The predicted molar refractivity (Wildman–Crippen MR) is 111 cm³/mol. The number of ketones is 1. The molecular weight excluding hydrogens is 424 g/mol. The Bertz CT molecular complexity index is 1110. The second-order valence-electron chi connectivity index (χ2n) is 7.17. The van der Waals surface area contributed by atoms with E-state index in [9.17, 15) is 22.8 Å². The van der Waals surface area contributed by atoms with E-state index in [0.717, 1.165) is 4.31 Å². The van der Waals surface area contributed by atoms with Crippen LogP contribution in [-0.4, -0.2) is 39.1 Å². The molecule has 0 bridgehead atoms. The Kier molecular flexibility index (Phi) is 6.03. The average molecular weight is 446 g/mol. The summed E-state index contributed by atoms with van der Waals surface area (Å²) in [5, 5.41) is 2.65. The van der Waals surface area contributed by atoms with Crippen molar-refractivity contribution in [2.45, 2.75) is 37.4 Å². The molecule has 0 radical (unpaired) electrons. The molecule has 2 aromatic rings. The first-order valence-electron chi connectivity index (χ1n) is 9.38. The number of amides is 1. The van der Waals surface area contributed by atoms with Gasteiger partial charge in [0, 0.05) is 12.5 Å². The molecule has 0 saturated carbocycles. The van der Waals surface area contributed by atoms with Gasteiger partial charge in [0.05, 0.1) is 10.6 Å². The second-order valence-corrected chi connectivity index (χ2v) is 8.99. The van der Waals surface area contributed by atoms with Crippen LogP contribution >= 0.6 is 0 Å². The van der Waals surface area contributed by atoms with Crippen LogP contribution in [0.25, 0.3) is 0 Å². The number of nitrogens with zero attached hydrogens (tertiary/aromatic N) is 1. The zero-order chi connectivity index (χ0) is 22.8. The molecule has 0 unspecified atom stereocenters. The number of rotatable bonds is 3. The number of fused-ring (bicyclic) bond motifs is 2. The number of sulfonamides is 1. The summed E-state index contributed by atoms with van der Waals surface area (Å²) in [6.45, 7) is 4.07. The Labute approximate surface area is 180 Å². The highest BCUT2D eigenvalue weighted by atomic mass is 32.2. The lowest BCUT2D eigenvalue weighted by atomic mass is 9.92. The van der Waals surface area contributed by atoms with Gasteiger partial charge in [0.25, 0.3) is 10.0 Å². The fraction of sp³-hybridized carbons (Fsp3) is 0.286. The molecule has 2 heterocycles. The van der Waals surface area contributed by atoms with Crippen LogP contribution in [0.5, 0.6) is 0 Å². The third-order valence-electron chi connectivity index (χ3n) is 4.59. The van der Waals surface area contributed by atoms with Gasteiger partial charge in [-0.15, -0.1) is 0 Å². The summed E-state index contributed by atoms with van der Waals surface area (Å²) in [5.74, 6) is -0.512. The third kappa shape index (κ3) is 4.11. The summed E-state index contributed by atoms with van der Waals surface area (Å²) < 4.78 is 38.3. The fourth-order valence-corrected chi connectivity index (χ4v) is 5.10. The summed E-state index contributed by atoms with van der Waals surface area (Å²) in [6, 6.07) is 14.5. The molecule has 2 aliphatic rings. The van der Waals surface area contributed by atoms with Crippen molar-refractivity contribution in [1.29, 1.82) is 0 Å². The van der Waals surface area contributed by atoms with E-state index in [1.165, 1.54) is 32.9 Å². The van der Waals surface area contributed by atoms with Crippen molar-refractivity contribution in [2.24, 2.45) is 0 Å². The van der Waals surface area contributed by atoms with Crippen molar-refractivity contribution in [2.75, 3.05) is 10.9 Å². The number of carbonyl (C=O) groups is 3. The second kappa shape index (κ2) is 8.38. The first-order chi connectivity index (χ1) is 14.6. The SMILES string of the molecule is CC(=O)O[C@@H]1N(S(=O)(=O)c2ccccc2)c2ccccc2[C@@]12COC(=O)N2.CC(C)=O. The number of Topliss-reactive ketones (excluding diaryl/α,β-unsaturated/α-hetero) is 1. The molecule has 1 spiro atoms. The van der Waals surface area contributed by atoms with E-state index < -0.39 is 33.9 Å². The van der Waals surface area contributed by atoms with Crippen LogP contribution in [0.3, 0.4) is 0 Å². The van der Waals surface area contributed by atoms with Crippen LogP contribution in [0.2, 0.25) is 0 Å². The lowest BCUT2D eigenvalue weighted by Gasteiger charge is -2.33. The molecule has 2 aromatic carbocycles. The fourth-order valence-electron chi connectivity index (χ4n) is 3.48. The minimum Gasteiger partial charge on any atom is -0.446 e. The number of nitrogens with one attached hydrogen (secondary N) is 1. The van der Waals surface area contributed by atoms with Gasteiger partial charge in [0.15, 0.2) is 5.54 Å². The summed E-state index contributed by atoms with van der Waals surface area (Å²) in [6.07, 6.45) is -2.02. The van der Waals surface area contributed by atoms with Gasteiger partial charge in [-0.25, -0.2) is 17.5 Å². The van der Waals surface area contributed by atoms with E-state index in [4.69, 9.17) is 9.47 Å². The molecule has 31 heavy (non-hydrogen) atoms. The first kappa shape index (κ1) is 22.3. The van der Waals surface area contributed by atoms with E-state index in [1.807, 2.05) is 0 Å². The van der Waals surface area contributed by atoms with Gasteiger partial charge in [0.1, 0.15) is 12.4 Å². The Morgan fingerprint density at radius 2 is 1.65 bits per heavy atom. The number of esters is 1. The van der Waals surface area contributed by atoms with Crippen LogP contribution in [0, 0.1) is 0 Å². The van der Waals surface area contributed by atoms with Crippen LogP contribution in [0.4, 0.5) is 10.5 Å². The maximum atomic E-state index is 13.4. The molecule has 10 heteroatoms. The molecule has 1 saturated heterocycles. The molecule has 1 fully saturated rings.